The molecule has 5 nitrogen and oxygen atoms in total. The first-order valence-corrected chi connectivity index (χ1v) is 6.17. The SMILES string of the molecule is O=C(O)CCC(=O)c1ccc(SCC(=O)O)cc1. The van der Waals surface area contributed by atoms with Crippen molar-refractivity contribution in [3.63, 3.8) is 0 Å². The lowest BCUT2D eigenvalue weighted by Crippen LogP contribution is -2.03. The molecule has 0 heterocycles. The van der Waals surface area contributed by atoms with Crippen LogP contribution in [0.1, 0.15) is 23.2 Å². The maximum absolute atomic E-state index is 11.6. The second-order valence-corrected chi connectivity index (χ2v) is 4.57. The summed E-state index contributed by atoms with van der Waals surface area (Å²) in [7, 11) is 0. The highest BCUT2D eigenvalue weighted by Crippen LogP contribution is 2.18. The first-order chi connectivity index (χ1) is 8.49. The van der Waals surface area contributed by atoms with Crippen molar-refractivity contribution in [1.29, 1.82) is 0 Å². The van der Waals surface area contributed by atoms with Crippen LogP contribution in [0.5, 0.6) is 0 Å². The first-order valence-electron chi connectivity index (χ1n) is 5.18. The van der Waals surface area contributed by atoms with Gasteiger partial charge in [-0.05, 0) is 12.1 Å². The number of benzene rings is 1. The van der Waals surface area contributed by atoms with Crippen LogP contribution < -0.4 is 0 Å². The summed E-state index contributed by atoms with van der Waals surface area (Å²) in [5.74, 6) is -2.17. The summed E-state index contributed by atoms with van der Waals surface area (Å²) in [6.07, 6.45) is -0.217. The zero-order valence-electron chi connectivity index (χ0n) is 9.46. The zero-order valence-corrected chi connectivity index (χ0v) is 10.3. The smallest absolute Gasteiger partial charge is 0.313 e. The number of hydrogen-bond acceptors (Lipinski definition) is 4. The van der Waals surface area contributed by atoms with Crippen molar-refractivity contribution in [2.24, 2.45) is 0 Å². The lowest BCUT2D eigenvalue weighted by Gasteiger charge is -2.02. The molecule has 0 fully saturated rings. The van der Waals surface area contributed by atoms with E-state index in [9.17, 15) is 14.4 Å². The van der Waals surface area contributed by atoms with E-state index in [1.54, 1.807) is 24.3 Å². The molecule has 0 radical (unpaired) electrons. The normalized spacial score (nSPS) is 10.0. The number of carbonyl (C=O) groups is 3. The highest BCUT2D eigenvalue weighted by molar-refractivity contribution is 8.00. The molecule has 1 aromatic carbocycles. The van der Waals surface area contributed by atoms with Crippen LogP contribution in [0.15, 0.2) is 29.2 Å². The molecular weight excluding hydrogens is 256 g/mol. The van der Waals surface area contributed by atoms with Gasteiger partial charge >= 0.3 is 11.9 Å². The average molecular weight is 268 g/mol. The molecule has 0 bridgehead atoms. The van der Waals surface area contributed by atoms with Crippen molar-refractivity contribution in [2.45, 2.75) is 17.7 Å². The van der Waals surface area contributed by atoms with Crippen LogP contribution in [0.25, 0.3) is 0 Å². The van der Waals surface area contributed by atoms with Gasteiger partial charge in [-0.2, -0.15) is 0 Å². The molecule has 0 aliphatic rings. The number of aliphatic carboxylic acids is 2. The number of thioether (sulfide) groups is 1. The van der Waals surface area contributed by atoms with E-state index in [0.717, 1.165) is 16.7 Å². The quantitative estimate of drug-likeness (QED) is 0.579. The van der Waals surface area contributed by atoms with Crippen LogP contribution in [-0.2, 0) is 9.59 Å². The van der Waals surface area contributed by atoms with Gasteiger partial charge in [0.2, 0.25) is 0 Å². The molecule has 0 amide bonds. The van der Waals surface area contributed by atoms with Gasteiger partial charge in [0.05, 0.1) is 12.2 Å². The second kappa shape index (κ2) is 6.80. The van der Waals surface area contributed by atoms with Crippen molar-refractivity contribution < 1.29 is 24.6 Å². The third-order valence-corrected chi connectivity index (χ3v) is 3.10. The minimum atomic E-state index is -1.00. The molecule has 0 spiro atoms. The largest absolute Gasteiger partial charge is 0.481 e. The van der Waals surface area contributed by atoms with Gasteiger partial charge in [-0.1, -0.05) is 12.1 Å². The Morgan fingerprint density at radius 3 is 2.06 bits per heavy atom. The molecule has 18 heavy (non-hydrogen) atoms. The topological polar surface area (TPSA) is 91.7 Å². The minimum absolute atomic E-state index is 0.0308. The molecule has 1 aromatic rings. The molecule has 0 atom stereocenters. The Hall–Kier alpha value is -1.82. The molecule has 96 valence electrons. The molecule has 1 rings (SSSR count). The van der Waals surface area contributed by atoms with Crippen molar-refractivity contribution in [3.05, 3.63) is 29.8 Å². The van der Waals surface area contributed by atoms with E-state index in [0.29, 0.717) is 5.56 Å². The lowest BCUT2D eigenvalue weighted by atomic mass is 10.1. The van der Waals surface area contributed by atoms with E-state index in [4.69, 9.17) is 10.2 Å². The van der Waals surface area contributed by atoms with E-state index < -0.39 is 11.9 Å². The Balaban J connectivity index is 2.56. The van der Waals surface area contributed by atoms with Crippen molar-refractivity contribution in [2.75, 3.05) is 5.75 Å². The summed E-state index contributed by atoms with van der Waals surface area (Å²) < 4.78 is 0. The molecule has 0 aliphatic heterocycles. The van der Waals surface area contributed by atoms with Crippen LogP contribution in [0.4, 0.5) is 0 Å². The van der Waals surface area contributed by atoms with E-state index in [1.165, 1.54) is 0 Å². The number of carboxylic acid groups (broad SMARTS) is 2. The Kier molecular flexibility index (Phi) is 5.38. The van der Waals surface area contributed by atoms with E-state index in [-0.39, 0.29) is 24.4 Å². The molecule has 0 unspecified atom stereocenters. The fourth-order valence-corrected chi connectivity index (χ4v) is 1.87. The van der Waals surface area contributed by atoms with Gasteiger partial charge in [-0.25, -0.2) is 0 Å². The Morgan fingerprint density at radius 1 is 0.944 bits per heavy atom. The van der Waals surface area contributed by atoms with E-state index in [1.807, 2.05) is 0 Å². The molecule has 0 aromatic heterocycles. The molecule has 0 aliphatic carbocycles. The number of rotatable bonds is 7. The number of Topliss-reactive ketones (excluding diaryl/α,β-unsaturated/α-hetero) is 1. The third kappa shape index (κ3) is 5.01. The van der Waals surface area contributed by atoms with Crippen LogP contribution >= 0.6 is 11.8 Å². The van der Waals surface area contributed by atoms with Crippen LogP contribution in [0, 0.1) is 0 Å². The van der Waals surface area contributed by atoms with Gasteiger partial charge < -0.3 is 10.2 Å². The predicted molar refractivity (Wildman–Crippen MR) is 66.0 cm³/mol. The highest BCUT2D eigenvalue weighted by Gasteiger charge is 2.08. The molecule has 0 saturated heterocycles. The number of carbonyl (C=O) groups excluding carboxylic acids is 1. The summed E-state index contributed by atoms with van der Waals surface area (Å²) in [6.45, 7) is 0. The van der Waals surface area contributed by atoms with Gasteiger partial charge in [0, 0.05) is 16.9 Å². The summed E-state index contributed by atoms with van der Waals surface area (Å²) in [4.78, 5) is 33.0. The predicted octanol–water partition coefficient (Wildman–Crippen LogP) is 1.91. The highest BCUT2D eigenvalue weighted by atomic mass is 32.2. The van der Waals surface area contributed by atoms with E-state index in [2.05, 4.69) is 0 Å². The Labute approximate surface area is 108 Å². The molecule has 2 N–H and O–H groups in total. The molecule has 0 saturated carbocycles. The maximum atomic E-state index is 11.6. The number of ketones is 1. The van der Waals surface area contributed by atoms with Crippen LogP contribution in [0.3, 0.4) is 0 Å². The van der Waals surface area contributed by atoms with E-state index >= 15 is 0 Å². The van der Waals surface area contributed by atoms with Crippen molar-refractivity contribution >= 4 is 29.5 Å². The fourth-order valence-electron chi connectivity index (χ4n) is 1.25. The average Bonchev–Trinajstić information content (AvgIpc) is 2.34. The number of carboxylic acids is 2. The standard InChI is InChI=1S/C12H12O5S/c13-10(5-6-11(14)15)8-1-3-9(4-2-8)18-7-12(16)17/h1-4H,5-7H2,(H,14,15)(H,16,17). The molecular formula is C12H12O5S. The summed E-state index contributed by atoms with van der Waals surface area (Å²) in [5.41, 5.74) is 0.441. The summed E-state index contributed by atoms with van der Waals surface area (Å²) in [5, 5.41) is 17.0. The van der Waals surface area contributed by atoms with Crippen LogP contribution in [0.2, 0.25) is 0 Å². The van der Waals surface area contributed by atoms with Gasteiger partial charge in [0.1, 0.15) is 0 Å². The maximum Gasteiger partial charge on any atom is 0.313 e. The fraction of sp³-hybridized carbons (Fsp3) is 0.250. The second-order valence-electron chi connectivity index (χ2n) is 3.52. The Morgan fingerprint density at radius 2 is 1.56 bits per heavy atom. The summed E-state index contributed by atoms with van der Waals surface area (Å²) >= 11 is 1.16. The van der Waals surface area contributed by atoms with Gasteiger partial charge in [0.15, 0.2) is 5.78 Å². The van der Waals surface area contributed by atoms with Gasteiger partial charge in [0.25, 0.3) is 0 Å². The molecule has 6 heteroatoms. The van der Waals surface area contributed by atoms with Crippen molar-refractivity contribution in [3.8, 4) is 0 Å². The van der Waals surface area contributed by atoms with Gasteiger partial charge in [-0.15, -0.1) is 11.8 Å². The van der Waals surface area contributed by atoms with Gasteiger partial charge in [-0.3, -0.25) is 14.4 Å². The number of hydrogen-bond donors (Lipinski definition) is 2. The lowest BCUT2D eigenvalue weighted by molar-refractivity contribution is -0.137. The Bertz CT molecular complexity index is 452. The van der Waals surface area contributed by atoms with Crippen LogP contribution in [-0.4, -0.2) is 33.7 Å². The zero-order chi connectivity index (χ0) is 13.5. The first kappa shape index (κ1) is 14.2. The minimum Gasteiger partial charge on any atom is -0.481 e. The summed E-state index contributed by atoms with van der Waals surface area (Å²) in [6, 6.07) is 6.46. The third-order valence-electron chi connectivity index (χ3n) is 2.10. The van der Waals surface area contributed by atoms with Crippen molar-refractivity contribution in [1.82, 2.24) is 0 Å². The monoisotopic (exact) mass is 268 g/mol.